The number of carboxylic acids is 1. The number of carbonyl (C=O) groups is 1. The molecule has 1 aromatic heterocycles. The fourth-order valence-electron chi connectivity index (χ4n) is 2.92. The van der Waals surface area contributed by atoms with Crippen molar-refractivity contribution in [3.8, 4) is 0 Å². The molecule has 1 heterocycles. The van der Waals surface area contributed by atoms with E-state index in [2.05, 4.69) is 37.6 Å². The number of aliphatic carboxylic acids is 1. The Morgan fingerprint density at radius 2 is 2.07 bits per heavy atom. The molecule has 0 saturated carbocycles. The fourth-order valence-corrected chi connectivity index (χ4v) is 2.92. The van der Waals surface area contributed by atoms with E-state index in [1.54, 1.807) is 12.2 Å². The summed E-state index contributed by atoms with van der Waals surface area (Å²) in [5.74, 6) is -0.800. The van der Waals surface area contributed by atoms with Crippen molar-refractivity contribution in [2.24, 2.45) is 0 Å². The van der Waals surface area contributed by atoms with Crippen LogP contribution in [0.25, 0.3) is 10.9 Å². The van der Waals surface area contributed by atoms with Gasteiger partial charge in [-0.3, -0.25) is 4.79 Å². The van der Waals surface area contributed by atoms with E-state index in [0.29, 0.717) is 6.61 Å². The highest BCUT2D eigenvalue weighted by molar-refractivity contribution is 5.88. The molecule has 0 aliphatic heterocycles. The van der Waals surface area contributed by atoms with Gasteiger partial charge in [0.15, 0.2) is 0 Å². The highest BCUT2D eigenvalue weighted by Crippen LogP contribution is 2.24. The van der Waals surface area contributed by atoms with Crippen LogP contribution in [0.3, 0.4) is 0 Å². The Morgan fingerprint density at radius 1 is 1.32 bits per heavy atom. The van der Waals surface area contributed by atoms with Crippen molar-refractivity contribution in [2.75, 3.05) is 13.2 Å². The molecule has 1 N–H and O–H groups in total. The number of fused-ring (bicyclic) bond motifs is 1. The van der Waals surface area contributed by atoms with Crippen molar-refractivity contribution < 1.29 is 14.6 Å². The van der Waals surface area contributed by atoms with E-state index in [9.17, 15) is 4.79 Å². The third-order valence-electron chi connectivity index (χ3n) is 4.27. The van der Waals surface area contributed by atoms with E-state index in [1.165, 1.54) is 12.0 Å². The van der Waals surface area contributed by atoms with E-state index >= 15 is 0 Å². The Balaban J connectivity index is 0.000000416. The molecule has 0 aliphatic rings. The first-order valence-corrected chi connectivity index (χ1v) is 9.70. The van der Waals surface area contributed by atoms with Crippen LogP contribution < -0.4 is 0 Å². The van der Waals surface area contributed by atoms with Crippen molar-refractivity contribution in [3.63, 3.8) is 0 Å². The number of aryl methyl sites for hydroxylation is 1. The largest absolute Gasteiger partial charge is 0.481 e. The number of aromatic nitrogens is 1. The predicted octanol–water partition coefficient (Wildman–Crippen LogP) is 5.70. The lowest BCUT2D eigenvalue weighted by Gasteiger charge is -2.09. The van der Waals surface area contributed by atoms with Crippen LogP contribution in [-0.4, -0.2) is 28.9 Å². The Labute approximate surface area is 168 Å². The van der Waals surface area contributed by atoms with Crippen LogP contribution in [0, 0.1) is 6.92 Å². The number of hydrogen-bond acceptors (Lipinski definition) is 2. The first-order valence-electron chi connectivity index (χ1n) is 9.70. The standard InChI is InChI=1S/C17H19NO2.C7H14O/c1-4-6-12(2)11-18-13(3)9-15-14(10-17(19)20)7-5-8-16(15)18;1-3-5-7-8-6-4-2/h4-9H,1,10-11H2,2-3H3,(H,19,20);4H,2-3,5-7H2,1H3/b12-6+;. The highest BCUT2D eigenvalue weighted by atomic mass is 16.5. The zero-order valence-electron chi connectivity index (χ0n) is 17.4. The molecule has 152 valence electrons. The average molecular weight is 384 g/mol. The maximum atomic E-state index is 10.9. The summed E-state index contributed by atoms with van der Waals surface area (Å²) >= 11 is 0. The van der Waals surface area contributed by atoms with Crippen LogP contribution in [0.15, 0.2) is 61.2 Å². The Kier molecular flexibility index (Phi) is 10.7. The van der Waals surface area contributed by atoms with E-state index in [-0.39, 0.29) is 6.42 Å². The third-order valence-corrected chi connectivity index (χ3v) is 4.27. The van der Waals surface area contributed by atoms with Gasteiger partial charge in [0, 0.05) is 29.7 Å². The molecule has 4 heteroatoms. The van der Waals surface area contributed by atoms with Gasteiger partial charge in [-0.2, -0.15) is 0 Å². The minimum absolute atomic E-state index is 0.0578. The number of benzene rings is 1. The van der Waals surface area contributed by atoms with Crippen LogP contribution >= 0.6 is 0 Å². The summed E-state index contributed by atoms with van der Waals surface area (Å²) < 4.78 is 7.31. The molecule has 0 fully saturated rings. The second kappa shape index (κ2) is 12.7. The SMILES string of the molecule is C=C/C=C(\C)Cn1c(C)cc2c(CC(=O)O)cccc21.C=CCOCCCC. The van der Waals surface area contributed by atoms with Crippen molar-refractivity contribution in [1.82, 2.24) is 4.57 Å². The molecule has 0 unspecified atom stereocenters. The summed E-state index contributed by atoms with van der Waals surface area (Å²) in [4.78, 5) is 10.9. The maximum Gasteiger partial charge on any atom is 0.307 e. The van der Waals surface area contributed by atoms with Gasteiger partial charge in [0.05, 0.1) is 13.0 Å². The van der Waals surface area contributed by atoms with E-state index in [4.69, 9.17) is 9.84 Å². The van der Waals surface area contributed by atoms with Gasteiger partial charge in [-0.15, -0.1) is 6.58 Å². The van der Waals surface area contributed by atoms with Gasteiger partial charge in [-0.05, 0) is 38.0 Å². The van der Waals surface area contributed by atoms with Crippen molar-refractivity contribution in [3.05, 3.63) is 72.5 Å². The molecule has 0 bridgehead atoms. The van der Waals surface area contributed by atoms with Gasteiger partial charge in [0.2, 0.25) is 0 Å². The second-order valence-electron chi connectivity index (χ2n) is 6.76. The van der Waals surface area contributed by atoms with Crippen molar-refractivity contribution in [2.45, 2.75) is 46.6 Å². The summed E-state index contributed by atoms with van der Waals surface area (Å²) in [6.45, 7) is 15.9. The first-order chi connectivity index (χ1) is 13.4. The zero-order chi connectivity index (χ0) is 20.9. The monoisotopic (exact) mass is 383 g/mol. The number of nitrogens with zero attached hydrogens (tertiary/aromatic N) is 1. The Morgan fingerprint density at radius 3 is 2.68 bits per heavy atom. The fraction of sp³-hybridized carbons (Fsp3) is 0.375. The molecule has 0 spiro atoms. The van der Waals surface area contributed by atoms with Gasteiger partial charge in [-0.25, -0.2) is 0 Å². The molecule has 0 aliphatic carbocycles. The molecular weight excluding hydrogens is 350 g/mol. The van der Waals surface area contributed by atoms with E-state index < -0.39 is 5.97 Å². The number of carboxylic acid groups (broad SMARTS) is 1. The molecule has 0 atom stereocenters. The van der Waals surface area contributed by atoms with Crippen LogP contribution in [-0.2, 0) is 22.5 Å². The summed E-state index contributed by atoms with van der Waals surface area (Å²) in [6, 6.07) is 7.90. The van der Waals surface area contributed by atoms with Crippen LogP contribution in [0.1, 0.15) is 37.9 Å². The quantitative estimate of drug-likeness (QED) is 0.325. The average Bonchev–Trinajstić information content (AvgIpc) is 2.96. The summed E-state index contributed by atoms with van der Waals surface area (Å²) in [5.41, 5.74) is 4.29. The minimum Gasteiger partial charge on any atom is -0.481 e. The predicted molar refractivity (Wildman–Crippen MR) is 118 cm³/mol. The molecule has 1 aromatic carbocycles. The number of hydrogen-bond donors (Lipinski definition) is 1. The molecule has 2 aromatic rings. The number of unbranched alkanes of at least 4 members (excludes halogenated alkanes) is 1. The smallest absolute Gasteiger partial charge is 0.307 e. The van der Waals surface area contributed by atoms with Gasteiger partial charge >= 0.3 is 5.97 Å². The second-order valence-corrected chi connectivity index (χ2v) is 6.76. The maximum absolute atomic E-state index is 10.9. The summed E-state index contributed by atoms with van der Waals surface area (Å²) in [6.07, 6.45) is 7.97. The van der Waals surface area contributed by atoms with Gasteiger partial charge in [-0.1, -0.05) is 55.9 Å². The summed E-state index contributed by atoms with van der Waals surface area (Å²) in [5, 5.41) is 10.0. The van der Waals surface area contributed by atoms with Crippen molar-refractivity contribution in [1.29, 1.82) is 0 Å². The Hall–Kier alpha value is -2.59. The van der Waals surface area contributed by atoms with Crippen LogP contribution in [0.5, 0.6) is 0 Å². The highest BCUT2D eigenvalue weighted by Gasteiger charge is 2.11. The van der Waals surface area contributed by atoms with Crippen molar-refractivity contribution >= 4 is 16.9 Å². The normalized spacial score (nSPS) is 11.0. The van der Waals surface area contributed by atoms with Gasteiger partial charge in [0.25, 0.3) is 0 Å². The number of ether oxygens (including phenoxy) is 1. The topological polar surface area (TPSA) is 51.5 Å². The van der Waals surface area contributed by atoms with E-state index in [0.717, 1.165) is 41.7 Å². The number of rotatable bonds is 10. The third kappa shape index (κ3) is 7.57. The Bertz CT molecular complexity index is 815. The number of allylic oxidation sites excluding steroid dienone is 3. The molecule has 4 nitrogen and oxygen atoms in total. The lowest BCUT2D eigenvalue weighted by molar-refractivity contribution is -0.136. The van der Waals surface area contributed by atoms with Crippen LogP contribution in [0.2, 0.25) is 0 Å². The summed E-state index contributed by atoms with van der Waals surface area (Å²) in [7, 11) is 0. The lowest BCUT2D eigenvalue weighted by Crippen LogP contribution is -2.02. The molecule has 28 heavy (non-hydrogen) atoms. The molecular formula is C24H33NO3. The van der Waals surface area contributed by atoms with Crippen LogP contribution in [0.4, 0.5) is 0 Å². The van der Waals surface area contributed by atoms with E-state index in [1.807, 2.05) is 31.2 Å². The zero-order valence-corrected chi connectivity index (χ0v) is 17.4. The first kappa shape index (κ1) is 23.4. The lowest BCUT2D eigenvalue weighted by atomic mass is 10.1. The van der Waals surface area contributed by atoms with Gasteiger partial charge < -0.3 is 14.4 Å². The minimum atomic E-state index is -0.800. The van der Waals surface area contributed by atoms with Gasteiger partial charge in [0.1, 0.15) is 0 Å². The molecule has 0 radical (unpaired) electrons. The molecule has 2 rings (SSSR count). The molecule has 0 saturated heterocycles. The molecule has 0 amide bonds.